The molecule has 0 bridgehead atoms. The second-order valence-corrected chi connectivity index (χ2v) is 6.32. The van der Waals surface area contributed by atoms with Gasteiger partial charge in [0.2, 0.25) is 5.91 Å². The van der Waals surface area contributed by atoms with Crippen molar-refractivity contribution in [3.63, 3.8) is 0 Å². The second-order valence-electron chi connectivity index (χ2n) is 5.15. The van der Waals surface area contributed by atoms with Gasteiger partial charge in [0.15, 0.2) is 0 Å². The molecule has 116 valence electrons. The Hall–Kier alpha value is -1.94. The highest BCUT2D eigenvalue weighted by molar-refractivity contribution is 7.99. The highest BCUT2D eigenvalue weighted by atomic mass is 32.2. The van der Waals surface area contributed by atoms with Crippen molar-refractivity contribution in [1.29, 1.82) is 0 Å². The van der Waals surface area contributed by atoms with Crippen molar-refractivity contribution in [1.82, 2.24) is 0 Å². The molecule has 2 aromatic carbocycles. The summed E-state index contributed by atoms with van der Waals surface area (Å²) < 4.78 is 5.62. The van der Waals surface area contributed by atoms with E-state index in [9.17, 15) is 4.79 Å². The summed E-state index contributed by atoms with van der Waals surface area (Å²) in [6.07, 6.45) is 0.600. The number of amides is 1. The minimum absolute atomic E-state index is 0.0186. The zero-order chi connectivity index (χ0) is 15.8. The quantitative estimate of drug-likeness (QED) is 0.759. The highest BCUT2D eigenvalue weighted by Gasteiger charge is 2.05. The van der Waals surface area contributed by atoms with Crippen LogP contribution in [0.2, 0.25) is 0 Å². The first-order valence-electron chi connectivity index (χ1n) is 7.38. The fourth-order valence-corrected chi connectivity index (χ4v) is 2.79. The van der Waals surface area contributed by atoms with E-state index in [0.717, 1.165) is 17.2 Å². The number of hydrogen-bond donors (Lipinski definition) is 1. The van der Waals surface area contributed by atoms with Gasteiger partial charge in [-0.2, -0.15) is 0 Å². The SMILES string of the molecule is CC(C)Oc1cccc(NC(=O)CCSc2ccccc2)c1. The minimum Gasteiger partial charge on any atom is -0.491 e. The molecule has 0 spiro atoms. The molecule has 3 nitrogen and oxygen atoms in total. The number of thioether (sulfide) groups is 1. The van der Waals surface area contributed by atoms with E-state index in [4.69, 9.17) is 4.74 Å². The summed E-state index contributed by atoms with van der Waals surface area (Å²) in [6, 6.07) is 17.6. The lowest BCUT2D eigenvalue weighted by molar-refractivity contribution is -0.115. The topological polar surface area (TPSA) is 38.3 Å². The van der Waals surface area contributed by atoms with Crippen molar-refractivity contribution >= 4 is 23.4 Å². The molecular weight excluding hydrogens is 294 g/mol. The number of carbonyl (C=O) groups is 1. The van der Waals surface area contributed by atoms with E-state index in [2.05, 4.69) is 17.4 Å². The average molecular weight is 315 g/mol. The van der Waals surface area contributed by atoms with Crippen LogP contribution in [0.15, 0.2) is 59.5 Å². The van der Waals surface area contributed by atoms with Gasteiger partial charge in [-0.1, -0.05) is 24.3 Å². The molecule has 2 rings (SSSR count). The molecular formula is C18H21NO2S. The van der Waals surface area contributed by atoms with E-state index < -0.39 is 0 Å². The van der Waals surface area contributed by atoms with Crippen LogP contribution in [-0.4, -0.2) is 17.8 Å². The first-order valence-corrected chi connectivity index (χ1v) is 8.36. The van der Waals surface area contributed by atoms with Crippen LogP contribution >= 0.6 is 11.8 Å². The molecule has 4 heteroatoms. The molecule has 0 unspecified atom stereocenters. The van der Waals surface area contributed by atoms with Crippen molar-refractivity contribution in [2.45, 2.75) is 31.3 Å². The molecule has 0 atom stereocenters. The van der Waals surface area contributed by atoms with Crippen LogP contribution in [0.25, 0.3) is 0 Å². The number of nitrogens with one attached hydrogen (secondary N) is 1. The normalized spacial score (nSPS) is 10.5. The van der Waals surface area contributed by atoms with Gasteiger partial charge in [0.25, 0.3) is 0 Å². The fraction of sp³-hybridized carbons (Fsp3) is 0.278. The van der Waals surface area contributed by atoms with Crippen LogP contribution in [0, 0.1) is 0 Å². The molecule has 0 saturated carbocycles. The maximum Gasteiger partial charge on any atom is 0.225 e. The number of hydrogen-bond acceptors (Lipinski definition) is 3. The lowest BCUT2D eigenvalue weighted by Crippen LogP contribution is -2.12. The van der Waals surface area contributed by atoms with Gasteiger partial charge < -0.3 is 10.1 Å². The smallest absolute Gasteiger partial charge is 0.225 e. The first-order chi connectivity index (χ1) is 10.6. The third kappa shape index (κ3) is 5.82. The van der Waals surface area contributed by atoms with Gasteiger partial charge in [-0.25, -0.2) is 0 Å². The van der Waals surface area contributed by atoms with Gasteiger partial charge in [0.05, 0.1) is 6.10 Å². The summed E-state index contributed by atoms with van der Waals surface area (Å²) >= 11 is 1.69. The molecule has 0 aliphatic carbocycles. The molecule has 0 aliphatic heterocycles. The molecule has 0 aliphatic rings. The third-order valence-electron chi connectivity index (χ3n) is 2.83. The van der Waals surface area contributed by atoms with Crippen molar-refractivity contribution in [2.24, 2.45) is 0 Å². The Morgan fingerprint density at radius 3 is 2.64 bits per heavy atom. The number of anilines is 1. The van der Waals surface area contributed by atoms with E-state index >= 15 is 0 Å². The summed E-state index contributed by atoms with van der Waals surface area (Å²) in [5.74, 6) is 1.55. The highest BCUT2D eigenvalue weighted by Crippen LogP contribution is 2.20. The summed E-state index contributed by atoms with van der Waals surface area (Å²) in [5, 5.41) is 2.91. The van der Waals surface area contributed by atoms with Gasteiger partial charge in [-0.3, -0.25) is 4.79 Å². The predicted molar refractivity (Wildman–Crippen MR) is 92.6 cm³/mol. The summed E-state index contributed by atoms with van der Waals surface area (Å²) in [5.41, 5.74) is 0.771. The van der Waals surface area contributed by atoms with Crippen LogP contribution in [0.4, 0.5) is 5.69 Å². The van der Waals surface area contributed by atoms with Crippen molar-refractivity contribution < 1.29 is 9.53 Å². The van der Waals surface area contributed by atoms with E-state index in [1.54, 1.807) is 11.8 Å². The van der Waals surface area contributed by atoms with E-state index in [-0.39, 0.29) is 12.0 Å². The Morgan fingerprint density at radius 1 is 1.14 bits per heavy atom. The lowest BCUT2D eigenvalue weighted by atomic mass is 10.3. The molecule has 0 fully saturated rings. The minimum atomic E-state index is 0.0186. The second kappa shape index (κ2) is 8.49. The molecule has 1 N–H and O–H groups in total. The van der Waals surface area contributed by atoms with Crippen LogP contribution in [0.3, 0.4) is 0 Å². The van der Waals surface area contributed by atoms with Crippen LogP contribution < -0.4 is 10.1 Å². The Bertz CT molecular complexity index is 599. The van der Waals surface area contributed by atoms with Crippen molar-refractivity contribution in [3.05, 3.63) is 54.6 Å². The van der Waals surface area contributed by atoms with E-state index in [1.807, 2.05) is 56.3 Å². The fourth-order valence-electron chi connectivity index (χ4n) is 1.92. The Morgan fingerprint density at radius 2 is 1.91 bits per heavy atom. The first kappa shape index (κ1) is 16.4. The zero-order valence-electron chi connectivity index (χ0n) is 12.9. The number of benzene rings is 2. The van der Waals surface area contributed by atoms with Crippen molar-refractivity contribution in [3.8, 4) is 5.75 Å². The summed E-state index contributed by atoms with van der Waals surface area (Å²) in [4.78, 5) is 13.2. The molecule has 0 radical (unpaired) electrons. The van der Waals surface area contributed by atoms with Gasteiger partial charge in [-0.15, -0.1) is 11.8 Å². The van der Waals surface area contributed by atoms with E-state index in [1.165, 1.54) is 4.90 Å². The van der Waals surface area contributed by atoms with Crippen LogP contribution in [0.5, 0.6) is 5.75 Å². The van der Waals surface area contributed by atoms with Gasteiger partial charge in [0.1, 0.15) is 5.75 Å². The Balaban J connectivity index is 1.79. The maximum absolute atomic E-state index is 12.0. The molecule has 0 heterocycles. The van der Waals surface area contributed by atoms with Crippen molar-refractivity contribution in [2.75, 3.05) is 11.1 Å². The number of rotatable bonds is 7. The van der Waals surface area contributed by atoms with Crippen LogP contribution in [-0.2, 0) is 4.79 Å². The third-order valence-corrected chi connectivity index (χ3v) is 3.84. The standard InChI is InChI=1S/C18H21NO2S/c1-14(2)21-16-8-6-7-15(13-16)19-18(20)11-12-22-17-9-4-3-5-10-17/h3-10,13-14H,11-12H2,1-2H3,(H,19,20). The maximum atomic E-state index is 12.0. The molecule has 22 heavy (non-hydrogen) atoms. The summed E-state index contributed by atoms with van der Waals surface area (Å²) in [7, 11) is 0. The lowest BCUT2D eigenvalue weighted by Gasteiger charge is -2.11. The molecule has 2 aromatic rings. The van der Waals surface area contributed by atoms with Gasteiger partial charge in [0, 0.05) is 28.8 Å². The Labute approximate surface area is 136 Å². The van der Waals surface area contributed by atoms with E-state index in [0.29, 0.717) is 6.42 Å². The monoisotopic (exact) mass is 315 g/mol. The van der Waals surface area contributed by atoms with Gasteiger partial charge >= 0.3 is 0 Å². The molecule has 0 saturated heterocycles. The van der Waals surface area contributed by atoms with Gasteiger partial charge in [-0.05, 0) is 38.1 Å². The zero-order valence-corrected chi connectivity index (χ0v) is 13.7. The largest absolute Gasteiger partial charge is 0.491 e. The predicted octanol–water partition coefficient (Wildman–Crippen LogP) is 4.59. The average Bonchev–Trinajstić information content (AvgIpc) is 2.48. The summed E-state index contributed by atoms with van der Waals surface area (Å²) in [6.45, 7) is 3.96. The van der Waals surface area contributed by atoms with Crippen LogP contribution in [0.1, 0.15) is 20.3 Å². The molecule has 0 aromatic heterocycles. The number of carbonyl (C=O) groups excluding carboxylic acids is 1. The Kier molecular flexibility index (Phi) is 6.34. The molecule has 1 amide bonds. The number of ether oxygens (including phenoxy) is 1.